The van der Waals surface area contributed by atoms with Gasteiger partial charge in [0.15, 0.2) is 0 Å². The lowest BCUT2D eigenvalue weighted by Crippen LogP contribution is -2.41. The molecule has 18 heavy (non-hydrogen) atoms. The third-order valence-electron chi connectivity index (χ3n) is 2.60. The Bertz CT molecular complexity index is 451. The van der Waals surface area contributed by atoms with Crippen molar-refractivity contribution in [2.45, 2.75) is 40.2 Å². The van der Waals surface area contributed by atoms with Crippen molar-refractivity contribution in [1.82, 2.24) is 5.32 Å². The zero-order chi connectivity index (χ0) is 13.9. The number of carboxylic acid groups (broad SMARTS) is 1. The Kier molecular flexibility index (Phi) is 4.90. The average molecular weight is 269 g/mol. The van der Waals surface area contributed by atoms with Crippen molar-refractivity contribution in [3.05, 3.63) is 21.4 Å². The molecule has 0 saturated heterocycles. The lowest BCUT2D eigenvalue weighted by atomic mass is 10.0. The predicted molar refractivity (Wildman–Crippen MR) is 72.1 cm³/mol. The van der Waals surface area contributed by atoms with Crippen LogP contribution >= 0.6 is 11.3 Å². The minimum Gasteiger partial charge on any atom is -0.480 e. The van der Waals surface area contributed by atoms with Gasteiger partial charge in [-0.25, -0.2) is 4.79 Å². The van der Waals surface area contributed by atoms with Gasteiger partial charge >= 0.3 is 5.97 Å². The molecule has 0 saturated carbocycles. The molecule has 100 valence electrons. The molecular weight excluding hydrogens is 250 g/mol. The van der Waals surface area contributed by atoms with E-state index in [0.717, 1.165) is 9.75 Å². The topological polar surface area (TPSA) is 66.4 Å². The first-order chi connectivity index (χ1) is 8.31. The van der Waals surface area contributed by atoms with Crippen molar-refractivity contribution in [3.8, 4) is 0 Å². The quantitative estimate of drug-likeness (QED) is 0.863. The van der Waals surface area contributed by atoms with Gasteiger partial charge < -0.3 is 10.4 Å². The van der Waals surface area contributed by atoms with Crippen molar-refractivity contribution < 1.29 is 14.7 Å². The van der Waals surface area contributed by atoms with Gasteiger partial charge in [0.2, 0.25) is 0 Å². The van der Waals surface area contributed by atoms with E-state index in [2.05, 4.69) is 5.32 Å². The van der Waals surface area contributed by atoms with Crippen LogP contribution in [0.4, 0.5) is 0 Å². The smallest absolute Gasteiger partial charge is 0.326 e. The Labute approximate surface area is 111 Å². The van der Waals surface area contributed by atoms with Gasteiger partial charge in [-0.15, -0.1) is 11.3 Å². The number of aryl methyl sites for hydroxylation is 2. The Balaban J connectivity index is 2.78. The number of nitrogens with one attached hydrogen (secondary N) is 1. The first kappa shape index (κ1) is 14.7. The predicted octanol–water partition coefficient (Wildman–Crippen LogP) is 2.59. The summed E-state index contributed by atoms with van der Waals surface area (Å²) in [6, 6.07) is 0.973. The van der Waals surface area contributed by atoms with Crippen molar-refractivity contribution in [2.75, 3.05) is 0 Å². The van der Waals surface area contributed by atoms with Crippen molar-refractivity contribution in [1.29, 1.82) is 0 Å². The fourth-order valence-corrected chi connectivity index (χ4v) is 2.71. The molecule has 1 heterocycles. The Morgan fingerprint density at radius 3 is 2.39 bits per heavy atom. The molecule has 1 rings (SSSR count). The molecule has 1 amide bonds. The minimum absolute atomic E-state index is 0.219. The molecule has 0 aromatic carbocycles. The summed E-state index contributed by atoms with van der Waals surface area (Å²) in [7, 11) is 0. The summed E-state index contributed by atoms with van der Waals surface area (Å²) in [4.78, 5) is 25.1. The molecule has 2 N–H and O–H groups in total. The zero-order valence-electron chi connectivity index (χ0n) is 11.1. The van der Waals surface area contributed by atoms with Gasteiger partial charge in [-0.05, 0) is 32.3 Å². The number of carboxylic acids is 1. The highest BCUT2D eigenvalue weighted by atomic mass is 32.1. The zero-order valence-corrected chi connectivity index (χ0v) is 11.9. The number of hydrogen-bond donors (Lipinski definition) is 2. The van der Waals surface area contributed by atoms with E-state index in [1.807, 2.05) is 27.7 Å². The number of thiophene rings is 1. The molecule has 5 heteroatoms. The average Bonchev–Trinajstić information content (AvgIpc) is 2.56. The van der Waals surface area contributed by atoms with Gasteiger partial charge in [0.25, 0.3) is 5.91 Å². The molecule has 0 fully saturated rings. The fourth-order valence-electron chi connectivity index (χ4n) is 1.79. The van der Waals surface area contributed by atoms with Crippen LogP contribution in [0.5, 0.6) is 0 Å². The number of carbonyl (C=O) groups excluding carboxylic acids is 1. The molecular formula is C13H19NO3S. The summed E-state index contributed by atoms with van der Waals surface area (Å²) in [6.07, 6.45) is 0.434. The molecule has 1 atom stereocenters. The Morgan fingerprint density at radius 1 is 1.39 bits per heavy atom. The molecule has 0 radical (unpaired) electrons. The van der Waals surface area contributed by atoms with Gasteiger partial charge in [0, 0.05) is 9.75 Å². The summed E-state index contributed by atoms with van der Waals surface area (Å²) in [5, 5.41) is 11.7. The standard InChI is InChI=1S/C13H19NO3S/c1-7(2)5-11(13(16)17)14-12(15)10-6-8(3)18-9(10)4/h6-7,11H,5H2,1-4H3,(H,14,15)(H,16,17). The summed E-state index contributed by atoms with van der Waals surface area (Å²) in [5.41, 5.74) is 0.576. The Morgan fingerprint density at radius 2 is 2.00 bits per heavy atom. The summed E-state index contributed by atoms with van der Waals surface area (Å²) < 4.78 is 0. The van der Waals surface area contributed by atoms with Crippen LogP contribution in [0.2, 0.25) is 0 Å². The summed E-state index contributed by atoms with van der Waals surface area (Å²) >= 11 is 1.54. The molecule has 0 spiro atoms. The molecule has 0 aliphatic carbocycles. The highest BCUT2D eigenvalue weighted by Crippen LogP contribution is 2.20. The van der Waals surface area contributed by atoms with Gasteiger partial charge in [0.05, 0.1) is 5.56 Å². The van der Waals surface area contributed by atoms with Crippen LogP contribution in [0.25, 0.3) is 0 Å². The molecule has 4 nitrogen and oxygen atoms in total. The third kappa shape index (κ3) is 3.84. The molecule has 1 unspecified atom stereocenters. The van der Waals surface area contributed by atoms with Gasteiger partial charge in [-0.1, -0.05) is 13.8 Å². The number of carbonyl (C=O) groups is 2. The number of rotatable bonds is 5. The lowest BCUT2D eigenvalue weighted by Gasteiger charge is -2.16. The maximum atomic E-state index is 12.0. The first-order valence-electron chi connectivity index (χ1n) is 5.92. The highest BCUT2D eigenvalue weighted by molar-refractivity contribution is 7.12. The van der Waals surface area contributed by atoms with Crippen molar-refractivity contribution in [3.63, 3.8) is 0 Å². The van der Waals surface area contributed by atoms with Crippen LogP contribution in [-0.2, 0) is 4.79 Å². The van der Waals surface area contributed by atoms with E-state index >= 15 is 0 Å². The second-order valence-corrected chi connectivity index (χ2v) is 6.28. The molecule has 0 bridgehead atoms. The van der Waals surface area contributed by atoms with E-state index in [9.17, 15) is 9.59 Å². The van der Waals surface area contributed by atoms with Crippen LogP contribution in [-0.4, -0.2) is 23.0 Å². The minimum atomic E-state index is -0.985. The van der Waals surface area contributed by atoms with Gasteiger partial charge in [0.1, 0.15) is 6.04 Å². The maximum Gasteiger partial charge on any atom is 0.326 e. The van der Waals surface area contributed by atoms with Crippen molar-refractivity contribution >= 4 is 23.2 Å². The van der Waals surface area contributed by atoms with E-state index in [1.54, 1.807) is 6.07 Å². The number of amides is 1. The van der Waals surface area contributed by atoms with Crippen LogP contribution in [0, 0.1) is 19.8 Å². The van der Waals surface area contributed by atoms with E-state index in [-0.39, 0.29) is 11.8 Å². The monoisotopic (exact) mass is 269 g/mol. The van der Waals surface area contributed by atoms with E-state index < -0.39 is 12.0 Å². The van der Waals surface area contributed by atoms with Crippen LogP contribution in [0.1, 0.15) is 40.4 Å². The largest absolute Gasteiger partial charge is 0.480 e. The SMILES string of the molecule is Cc1cc(C(=O)NC(CC(C)C)C(=O)O)c(C)s1. The van der Waals surface area contributed by atoms with Crippen LogP contribution < -0.4 is 5.32 Å². The first-order valence-corrected chi connectivity index (χ1v) is 6.73. The third-order valence-corrected chi connectivity index (χ3v) is 3.56. The Hall–Kier alpha value is -1.36. The maximum absolute atomic E-state index is 12.0. The molecule has 1 aromatic heterocycles. The fraction of sp³-hybridized carbons (Fsp3) is 0.538. The second-order valence-electron chi connectivity index (χ2n) is 4.82. The van der Waals surface area contributed by atoms with Gasteiger partial charge in [-0.2, -0.15) is 0 Å². The van der Waals surface area contributed by atoms with E-state index in [4.69, 9.17) is 5.11 Å². The molecule has 0 aliphatic heterocycles. The highest BCUT2D eigenvalue weighted by Gasteiger charge is 2.22. The van der Waals surface area contributed by atoms with E-state index in [0.29, 0.717) is 12.0 Å². The number of hydrogen-bond acceptors (Lipinski definition) is 3. The molecule has 0 aliphatic rings. The van der Waals surface area contributed by atoms with Crippen molar-refractivity contribution in [2.24, 2.45) is 5.92 Å². The van der Waals surface area contributed by atoms with Crippen LogP contribution in [0.3, 0.4) is 0 Å². The van der Waals surface area contributed by atoms with E-state index in [1.165, 1.54) is 11.3 Å². The molecule has 1 aromatic rings. The summed E-state index contributed by atoms with van der Waals surface area (Å²) in [6.45, 7) is 7.66. The lowest BCUT2D eigenvalue weighted by molar-refractivity contribution is -0.139. The second kappa shape index (κ2) is 6.00. The summed E-state index contributed by atoms with van der Waals surface area (Å²) in [5.74, 6) is -1.07. The van der Waals surface area contributed by atoms with Gasteiger partial charge in [-0.3, -0.25) is 4.79 Å². The normalized spacial score (nSPS) is 12.5. The number of aliphatic carboxylic acids is 1. The van der Waals surface area contributed by atoms with Crippen LogP contribution in [0.15, 0.2) is 6.07 Å².